The molecule has 3 aromatic rings. The van der Waals surface area contributed by atoms with Crippen LogP contribution in [0.15, 0.2) is 71.3 Å². The molecular weight excluding hydrogens is 494 g/mol. The number of nitrogens with zero attached hydrogens (tertiary/aromatic N) is 3. The largest absolute Gasteiger partial charge is 0.772 e. The van der Waals surface area contributed by atoms with Gasteiger partial charge in [-0.05, 0) is 49.6 Å². The smallest absolute Gasteiger partial charge is 0.407 e. The number of aromatic nitrogens is 3. The Labute approximate surface area is 208 Å². The molecule has 12 heteroatoms. The molecule has 0 aliphatic heterocycles. The predicted molar refractivity (Wildman–Crippen MR) is 129 cm³/mol. The third-order valence-corrected chi connectivity index (χ3v) is 5.45. The SMILES string of the molecule is CC(C)(C)OC(=O)NCC(Cn1ncn(-c2cccc(-c3ccc(CS(=O)[O-])cc3)c2)c1=O)=C(F)F. The van der Waals surface area contributed by atoms with Crippen LogP contribution < -0.4 is 11.0 Å². The van der Waals surface area contributed by atoms with E-state index in [9.17, 15) is 27.1 Å². The van der Waals surface area contributed by atoms with Crippen molar-refractivity contribution >= 4 is 17.2 Å². The second-order valence-corrected chi connectivity index (χ2v) is 9.75. The van der Waals surface area contributed by atoms with Crippen molar-refractivity contribution < 1.29 is 27.1 Å². The summed E-state index contributed by atoms with van der Waals surface area (Å²) in [5.74, 6) is -0.0852. The van der Waals surface area contributed by atoms with Crippen molar-refractivity contribution in [3.05, 3.63) is 82.6 Å². The number of alkyl carbamates (subject to hydrolysis) is 1. The van der Waals surface area contributed by atoms with Crippen LogP contribution in [-0.4, -0.2) is 41.3 Å². The minimum Gasteiger partial charge on any atom is -0.772 e. The quantitative estimate of drug-likeness (QED) is 0.453. The molecule has 0 bridgehead atoms. The number of nitrogens with one attached hydrogen (secondary N) is 1. The molecule has 0 spiro atoms. The third kappa shape index (κ3) is 7.43. The van der Waals surface area contributed by atoms with Crippen LogP contribution >= 0.6 is 0 Å². The van der Waals surface area contributed by atoms with Crippen molar-refractivity contribution in [2.45, 2.75) is 38.7 Å². The lowest BCUT2D eigenvalue weighted by Gasteiger charge is -2.19. The fourth-order valence-electron chi connectivity index (χ4n) is 3.24. The summed E-state index contributed by atoms with van der Waals surface area (Å²) in [4.78, 5) is 24.7. The zero-order chi connectivity index (χ0) is 26.5. The van der Waals surface area contributed by atoms with E-state index in [0.29, 0.717) is 11.3 Å². The maximum Gasteiger partial charge on any atom is 0.407 e. The monoisotopic (exact) mass is 519 g/mol. The number of hydrogen-bond donors (Lipinski definition) is 1. The number of rotatable bonds is 8. The van der Waals surface area contributed by atoms with E-state index in [1.165, 1.54) is 10.9 Å². The highest BCUT2D eigenvalue weighted by atomic mass is 32.2. The Morgan fingerprint density at radius 1 is 1.14 bits per heavy atom. The second-order valence-electron chi connectivity index (χ2n) is 8.86. The average Bonchev–Trinajstić information content (AvgIpc) is 3.15. The van der Waals surface area contributed by atoms with Gasteiger partial charge in [0.1, 0.15) is 11.9 Å². The maximum atomic E-state index is 13.5. The Kier molecular flexibility index (Phi) is 8.53. The minimum atomic E-state index is -2.19. The lowest BCUT2D eigenvalue weighted by Crippen LogP contribution is -2.35. The first kappa shape index (κ1) is 27.0. The Hall–Kier alpha value is -3.64. The zero-order valence-electron chi connectivity index (χ0n) is 19.9. The summed E-state index contributed by atoms with van der Waals surface area (Å²) >= 11 is -2.19. The van der Waals surface area contributed by atoms with E-state index in [4.69, 9.17) is 4.74 Å². The lowest BCUT2D eigenvalue weighted by atomic mass is 10.0. The molecule has 1 N–H and O–H groups in total. The van der Waals surface area contributed by atoms with Crippen LogP contribution in [0.2, 0.25) is 0 Å². The van der Waals surface area contributed by atoms with Crippen LogP contribution in [0.4, 0.5) is 13.6 Å². The van der Waals surface area contributed by atoms with Crippen LogP contribution in [-0.2, 0) is 28.1 Å². The summed E-state index contributed by atoms with van der Waals surface area (Å²) in [5.41, 5.74) is 0.760. The molecule has 1 amide bonds. The van der Waals surface area contributed by atoms with Crippen LogP contribution in [0.5, 0.6) is 0 Å². The lowest BCUT2D eigenvalue weighted by molar-refractivity contribution is 0.0531. The Balaban J connectivity index is 1.77. The van der Waals surface area contributed by atoms with Crippen LogP contribution in [0.1, 0.15) is 26.3 Å². The van der Waals surface area contributed by atoms with Crippen LogP contribution in [0.25, 0.3) is 16.8 Å². The number of benzene rings is 2. The van der Waals surface area contributed by atoms with Gasteiger partial charge in [-0.25, -0.2) is 18.8 Å². The van der Waals surface area contributed by atoms with Gasteiger partial charge in [-0.1, -0.05) is 47.5 Å². The van der Waals surface area contributed by atoms with Crippen molar-refractivity contribution in [1.82, 2.24) is 19.7 Å². The molecule has 192 valence electrons. The van der Waals surface area contributed by atoms with E-state index < -0.39 is 53.2 Å². The molecule has 0 saturated heterocycles. The molecule has 0 saturated carbocycles. The number of carbonyl (C=O) groups is 1. The van der Waals surface area contributed by atoms with E-state index >= 15 is 0 Å². The molecule has 0 aliphatic carbocycles. The first-order chi connectivity index (χ1) is 16.9. The molecular formula is C24H25F2N4O5S-. The predicted octanol–water partition coefficient (Wildman–Crippen LogP) is 3.76. The normalized spacial score (nSPS) is 12.2. The van der Waals surface area contributed by atoms with Gasteiger partial charge in [0.25, 0.3) is 6.08 Å². The molecule has 0 aliphatic rings. The van der Waals surface area contributed by atoms with Crippen molar-refractivity contribution in [3.63, 3.8) is 0 Å². The summed E-state index contributed by atoms with van der Waals surface area (Å²) in [6.45, 7) is 3.91. The van der Waals surface area contributed by atoms with Gasteiger partial charge in [0.15, 0.2) is 0 Å². The van der Waals surface area contributed by atoms with Gasteiger partial charge < -0.3 is 14.6 Å². The van der Waals surface area contributed by atoms with Crippen molar-refractivity contribution in [2.75, 3.05) is 6.54 Å². The molecule has 1 unspecified atom stereocenters. The number of hydrogen-bond acceptors (Lipinski definition) is 6. The van der Waals surface area contributed by atoms with Gasteiger partial charge in [0.2, 0.25) is 0 Å². The van der Waals surface area contributed by atoms with Crippen molar-refractivity contribution in [3.8, 4) is 16.8 Å². The van der Waals surface area contributed by atoms with Gasteiger partial charge >= 0.3 is 11.8 Å². The number of carbonyl (C=O) groups excluding carboxylic acids is 1. The average molecular weight is 520 g/mol. The molecule has 36 heavy (non-hydrogen) atoms. The fraction of sp³-hybridized carbons (Fsp3) is 0.292. The second kappa shape index (κ2) is 11.4. The highest BCUT2D eigenvalue weighted by Crippen LogP contribution is 2.22. The molecule has 3 rings (SSSR count). The first-order valence-electron chi connectivity index (χ1n) is 10.8. The van der Waals surface area contributed by atoms with E-state index in [2.05, 4.69) is 10.4 Å². The summed E-state index contributed by atoms with van der Waals surface area (Å²) in [6.07, 6.45) is -1.66. The van der Waals surface area contributed by atoms with Crippen molar-refractivity contribution in [2.24, 2.45) is 0 Å². The zero-order valence-corrected chi connectivity index (χ0v) is 20.7. The topological polar surface area (TPSA) is 118 Å². The van der Waals surface area contributed by atoms with Crippen molar-refractivity contribution in [1.29, 1.82) is 0 Å². The van der Waals surface area contributed by atoms with Gasteiger partial charge in [-0.15, -0.1) is 0 Å². The molecule has 1 heterocycles. The minimum absolute atomic E-state index is 0.0852. The Morgan fingerprint density at radius 2 is 1.83 bits per heavy atom. The summed E-state index contributed by atoms with van der Waals surface area (Å²) in [7, 11) is 0. The molecule has 1 aromatic heterocycles. The maximum absolute atomic E-state index is 13.5. The van der Waals surface area contributed by atoms with Gasteiger partial charge in [0.05, 0.1) is 12.2 Å². The Bertz CT molecular complexity index is 1340. The summed E-state index contributed by atoms with van der Waals surface area (Å²) in [5, 5.41) is 6.20. The summed E-state index contributed by atoms with van der Waals surface area (Å²) < 4.78 is 55.8. The van der Waals surface area contributed by atoms with E-state index in [0.717, 1.165) is 15.8 Å². The first-order valence-corrected chi connectivity index (χ1v) is 12.1. The highest BCUT2D eigenvalue weighted by molar-refractivity contribution is 7.78. The third-order valence-electron chi connectivity index (χ3n) is 4.88. The molecule has 9 nitrogen and oxygen atoms in total. The van der Waals surface area contributed by atoms with Gasteiger partial charge in [-0.3, -0.25) is 4.21 Å². The molecule has 1 atom stereocenters. The number of ether oxygens (including phenoxy) is 1. The van der Waals surface area contributed by atoms with Crippen LogP contribution in [0, 0.1) is 0 Å². The van der Waals surface area contributed by atoms with Gasteiger partial charge in [-0.2, -0.15) is 13.9 Å². The fourth-order valence-corrected chi connectivity index (χ4v) is 3.71. The van der Waals surface area contributed by atoms with E-state index in [1.54, 1.807) is 63.2 Å². The van der Waals surface area contributed by atoms with E-state index in [1.807, 2.05) is 6.07 Å². The van der Waals surface area contributed by atoms with Gasteiger partial charge in [0, 0.05) is 17.9 Å². The van der Waals surface area contributed by atoms with Crippen LogP contribution in [0.3, 0.4) is 0 Å². The molecule has 2 aromatic carbocycles. The number of amides is 1. The summed E-state index contributed by atoms with van der Waals surface area (Å²) in [6, 6.07) is 13.9. The Morgan fingerprint density at radius 3 is 2.44 bits per heavy atom. The molecule has 0 radical (unpaired) electrons. The highest BCUT2D eigenvalue weighted by Gasteiger charge is 2.18. The number of halogens is 2. The standard InChI is InChI=1S/C24H26F2N4O5S/c1-24(2,3)35-22(31)27-12-19(21(25)26)13-30-23(32)29(15-28-30)20-6-4-5-18(11-20)17-9-7-16(8-10-17)14-36(33)34/h4-11,15H,12-14H2,1-3H3,(H,27,31)(H,33,34)/p-1. The van der Waals surface area contributed by atoms with E-state index in [-0.39, 0.29) is 5.75 Å². The molecule has 0 fully saturated rings.